The first-order chi connectivity index (χ1) is 6.74. The van der Waals surface area contributed by atoms with Crippen molar-refractivity contribution in [3.63, 3.8) is 0 Å². The molecule has 0 unspecified atom stereocenters. The summed E-state index contributed by atoms with van der Waals surface area (Å²) < 4.78 is 0. The van der Waals surface area contributed by atoms with Crippen LogP contribution in [0.3, 0.4) is 0 Å². The number of rotatable bonds is 0. The van der Waals surface area contributed by atoms with Gasteiger partial charge in [0.15, 0.2) is 5.78 Å². The number of hydrogen-bond donors (Lipinski definition) is 1. The third-order valence-electron chi connectivity index (χ3n) is 2.22. The van der Waals surface area contributed by atoms with Gasteiger partial charge in [-0.2, -0.15) is 5.26 Å². The molecule has 0 atom stereocenters. The van der Waals surface area contributed by atoms with Crippen LogP contribution in [0.5, 0.6) is 0 Å². The highest BCUT2D eigenvalue weighted by Crippen LogP contribution is 2.30. The summed E-state index contributed by atoms with van der Waals surface area (Å²) in [5.41, 5.74) is 1.51. The highest BCUT2D eigenvalue weighted by Gasteiger charge is 2.20. The maximum Gasteiger partial charge on any atom is 0.166 e. The van der Waals surface area contributed by atoms with Crippen LogP contribution in [0.1, 0.15) is 22.3 Å². The summed E-state index contributed by atoms with van der Waals surface area (Å²) in [7, 11) is 0. The molecule has 1 N–H and O–H groups in total. The zero-order valence-electron chi connectivity index (χ0n) is 7.30. The first kappa shape index (κ1) is 9.04. The standard InChI is InChI=1S/C10H7ClN2O/c11-8-2-1-6-9(14)3-4-13-10(6)7(8)5-12/h1-2,13H,3-4H2. The molecule has 1 aliphatic heterocycles. The van der Waals surface area contributed by atoms with Crippen molar-refractivity contribution in [2.24, 2.45) is 0 Å². The molecular weight excluding hydrogens is 200 g/mol. The molecule has 3 nitrogen and oxygen atoms in total. The third kappa shape index (κ3) is 1.24. The number of nitrogens with zero attached hydrogens (tertiary/aromatic N) is 1. The number of carbonyl (C=O) groups excluding carboxylic acids is 1. The second kappa shape index (κ2) is 3.32. The minimum absolute atomic E-state index is 0.0620. The van der Waals surface area contributed by atoms with Gasteiger partial charge in [0.1, 0.15) is 6.07 Å². The van der Waals surface area contributed by atoms with E-state index in [2.05, 4.69) is 5.32 Å². The number of nitriles is 1. The van der Waals surface area contributed by atoms with E-state index in [0.29, 0.717) is 34.8 Å². The number of nitrogens with one attached hydrogen (secondary N) is 1. The molecule has 70 valence electrons. The first-order valence-corrected chi connectivity index (χ1v) is 4.61. The number of ketones is 1. The smallest absolute Gasteiger partial charge is 0.166 e. The van der Waals surface area contributed by atoms with Crippen molar-refractivity contribution >= 4 is 23.1 Å². The Labute approximate surface area is 86.3 Å². The lowest BCUT2D eigenvalue weighted by Crippen LogP contribution is -2.19. The zero-order valence-corrected chi connectivity index (χ0v) is 8.06. The van der Waals surface area contributed by atoms with E-state index in [4.69, 9.17) is 16.9 Å². The average molecular weight is 207 g/mol. The molecule has 1 aliphatic rings. The fraction of sp³-hybridized carbons (Fsp3) is 0.200. The molecule has 0 fully saturated rings. The Bertz CT molecular complexity index is 448. The molecule has 0 radical (unpaired) electrons. The highest BCUT2D eigenvalue weighted by atomic mass is 35.5. The van der Waals surface area contributed by atoms with Gasteiger partial charge >= 0.3 is 0 Å². The molecule has 0 saturated carbocycles. The monoisotopic (exact) mass is 206 g/mol. The Morgan fingerprint density at radius 1 is 1.50 bits per heavy atom. The van der Waals surface area contributed by atoms with Gasteiger partial charge in [-0.3, -0.25) is 4.79 Å². The van der Waals surface area contributed by atoms with E-state index in [-0.39, 0.29) is 5.78 Å². The Kier molecular flexibility index (Phi) is 2.14. The van der Waals surface area contributed by atoms with Gasteiger partial charge in [0.2, 0.25) is 0 Å². The molecule has 0 aromatic heterocycles. The van der Waals surface area contributed by atoms with Crippen molar-refractivity contribution in [2.45, 2.75) is 6.42 Å². The highest BCUT2D eigenvalue weighted by molar-refractivity contribution is 6.32. The van der Waals surface area contributed by atoms with Gasteiger partial charge in [-0.15, -0.1) is 0 Å². The second-order valence-corrected chi connectivity index (χ2v) is 3.46. The van der Waals surface area contributed by atoms with Crippen molar-refractivity contribution in [1.29, 1.82) is 5.26 Å². The van der Waals surface area contributed by atoms with Crippen molar-refractivity contribution in [1.82, 2.24) is 0 Å². The van der Waals surface area contributed by atoms with Crippen molar-refractivity contribution in [2.75, 3.05) is 11.9 Å². The average Bonchev–Trinajstić information content (AvgIpc) is 2.18. The topological polar surface area (TPSA) is 52.9 Å². The summed E-state index contributed by atoms with van der Waals surface area (Å²) in [4.78, 5) is 11.5. The normalized spacial score (nSPS) is 14.1. The van der Waals surface area contributed by atoms with Gasteiger partial charge in [0, 0.05) is 18.5 Å². The number of Topliss-reactive ketones (excluding diaryl/α,β-unsaturated/α-hetero) is 1. The molecule has 4 heteroatoms. The minimum Gasteiger partial charge on any atom is -0.383 e. The molecule has 0 saturated heterocycles. The predicted octanol–water partition coefficient (Wildman–Crippen LogP) is 2.21. The summed E-state index contributed by atoms with van der Waals surface area (Å²) in [6.45, 7) is 0.570. The maximum atomic E-state index is 11.5. The fourth-order valence-electron chi connectivity index (χ4n) is 1.54. The van der Waals surface area contributed by atoms with Gasteiger partial charge in [-0.1, -0.05) is 11.6 Å². The lowest BCUT2D eigenvalue weighted by Gasteiger charge is -2.18. The van der Waals surface area contributed by atoms with E-state index in [0.717, 1.165) is 0 Å². The SMILES string of the molecule is N#Cc1c(Cl)ccc2c1NCCC2=O. The number of carbonyl (C=O) groups is 1. The van der Waals surface area contributed by atoms with Crippen LogP contribution in [0, 0.1) is 11.3 Å². The fourth-order valence-corrected chi connectivity index (χ4v) is 1.74. The van der Waals surface area contributed by atoms with Crippen molar-refractivity contribution in [3.8, 4) is 6.07 Å². The van der Waals surface area contributed by atoms with Crippen LogP contribution in [-0.4, -0.2) is 12.3 Å². The van der Waals surface area contributed by atoms with E-state index in [1.54, 1.807) is 12.1 Å². The Morgan fingerprint density at radius 2 is 2.29 bits per heavy atom. The molecule has 0 aliphatic carbocycles. The van der Waals surface area contributed by atoms with Crippen LogP contribution in [-0.2, 0) is 0 Å². The molecule has 14 heavy (non-hydrogen) atoms. The van der Waals surface area contributed by atoms with Crippen LogP contribution in [0.15, 0.2) is 12.1 Å². The third-order valence-corrected chi connectivity index (χ3v) is 2.54. The van der Waals surface area contributed by atoms with Crippen LogP contribution in [0.25, 0.3) is 0 Å². The summed E-state index contributed by atoms with van der Waals surface area (Å²) in [5, 5.41) is 12.3. The predicted molar refractivity (Wildman–Crippen MR) is 53.6 cm³/mol. The first-order valence-electron chi connectivity index (χ1n) is 4.23. The lowest BCUT2D eigenvalue weighted by atomic mass is 9.99. The molecular formula is C10H7ClN2O. The van der Waals surface area contributed by atoms with E-state index < -0.39 is 0 Å². The van der Waals surface area contributed by atoms with Gasteiger partial charge in [-0.05, 0) is 12.1 Å². The van der Waals surface area contributed by atoms with Crippen LogP contribution in [0.4, 0.5) is 5.69 Å². The van der Waals surface area contributed by atoms with E-state index >= 15 is 0 Å². The Morgan fingerprint density at radius 3 is 3.00 bits per heavy atom. The minimum atomic E-state index is 0.0620. The molecule has 0 bridgehead atoms. The summed E-state index contributed by atoms with van der Waals surface area (Å²) >= 11 is 5.84. The van der Waals surface area contributed by atoms with Gasteiger partial charge in [-0.25, -0.2) is 0 Å². The molecule has 1 aromatic rings. The largest absolute Gasteiger partial charge is 0.383 e. The zero-order chi connectivity index (χ0) is 10.1. The molecule has 0 amide bonds. The number of fused-ring (bicyclic) bond motifs is 1. The quantitative estimate of drug-likeness (QED) is 0.708. The van der Waals surface area contributed by atoms with Crippen LogP contribution >= 0.6 is 11.6 Å². The van der Waals surface area contributed by atoms with Crippen LogP contribution < -0.4 is 5.32 Å². The van der Waals surface area contributed by atoms with Crippen molar-refractivity contribution < 1.29 is 4.79 Å². The van der Waals surface area contributed by atoms with E-state index in [9.17, 15) is 4.79 Å². The molecule has 1 aromatic carbocycles. The molecule has 2 rings (SSSR count). The number of hydrogen-bond acceptors (Lipinski definition) is 3. The molecule has 1 heterocycles. The maximum absolute atomic E-state index is 11.5. The number of halogens is 1. The molecule has 0 spiro atoms. The Balaban J connectivity index is 2.69. The summed E-state index contributed by atoms with van der Waals surface area (Å²) in [6, 6.07) is 5.24. The Hall–Kier alpha value is -1.53. The summed E-state index contributed by atoms with van der Waals surface area (Å²) in [5.74, 6) is 0.0620. The summed E-state index contributed by atoms with van der Waals surface area (Å²) in [6.07, 6.45) is 0.472. The lowest BCUT2D eigenvalue weighted by molar-refractivity contribution is 0.0983. The van der Waals surface area contributed by atoms with Crippen molar-refractivity contribution in [3.05, 3.63) is 28.3 Å². The van der Waals surface area contributed by atoms with Gasteiger partial charge in [0.05, 0.1) is 16.3 Å². The van der Waals surface area contributed by atoms with Gasteiger partial charge < -0.3 is 5.32 Å². The van der Waals surface area contributed by atoms with Gasteiger partial charge in [0.25, 0.3) is 0 Å². The van der Waals surface area contributed by atoms with E-state index in [1.165, 1.54) is 0 Å². The number of benzene rings is 1. The van der Waals surface area contributed by atoms with E-state index in [1.807, 2.05) is 6.07 Å². The van der Waals surface area contributed by atoms with Crippen LogP contribution in [0.2, 0.25) is 5.02 Å². The number of anilines is 1. The second-order valence-electron chi connectivity index (χ2n) is 3.06.